The van der Waals surface area contributed by atoms with Gasteiger partial charge in [0.1, 0.15) is 12.1 Å². The molecule has 0 saturated heterocycles. The SMILES string of the molecule is O=C(NCc1ccc2c(c1)COC2)C(=O)NCc1ncn(Cc2cccc(F)c2)n1. The molecule has 0 spiro atoms. The minimum atomic E-state index is -0.763. The van der Waals surface area contributed by atoms with Crippen LogP contribution in [-0.2, 0) is 47.2 Å². The quantitative estimate of drug-likeness (QED) is 0.600. The van der Waals surface area contributed by atoms with E-state index in [4.69, 9.17) is 4.74 Å². The summed E-state index contributed by atoms with van der Waals surface area (Å²) in [6.07, 6.45) is 1.49. The average Bonchev–Trinajstić information content (AvgIpc) is 3.39. The number of amides is 2. The van der Waals surface area contributed by atoms with Gasteiger partial charge in [0, 0.05) is 6.54 Å². The summed E-state index contributed by atoms with van der Waals surface area (Å²) in [6.45, 7) is 1.79. The van der Waals surface area contributed by atoms with Gasteiger partial charge in [-0.1, -0.05) is 30.3 Å². The van der Waals surface area contributed by atoms with Crippen molar-refractivity contribution in [1.29, 1.82) is 0 Å². The number of nitrogens with zero attached hydrogens (tertiary/aromatic N) is 3. The van der Waals surface area contributed by atoms with Gasteiger partial charge in [-0.2, -0.15) is 5.10 Å². The lowest BCUT2D eigenvalue weighted by Crippen LogP contribution is -2.39. The molecule has 2 amide bonds. The highest BCUT2D eigenvalue weighted by molar-refractivity contribution is 6.35. The summed E-state index contributed by atoms with van der Waals surface area (Å²) in [5.74, 6) is -1.46. The molecule has 0 unspecified atom stereocenters. The van der Waals surface area contributed by atoms with Crippen LogP contribution < -0.4 is 10.6 Å². The van der Waals surface area contributed by atoms with Crippen LogP contribution in [0.3, 0.4) is 0 Å². The second-order valence-corrected chi connectivity index (χ2v) is 6.95. The van der Waals surface area contributed by atoms with Crippen molar-refractivity contribution in [3.05, 3.63) is 82.7 Å². The zero-order valence-corrected chi connectivity index (χ0v) is 16.1. The number of nitrogens with one attached hydrogen (secondary N) is 2. The van der Waals surface area contributed by atoms with Crippen molar-refractivity contribution >= 4 is 11.8 Å². The first-order valence-corrected chi connectivity index (χ1v) is 9.44. The molecule has 4 rings (SSSR count). The Kier molecular flexibility index (Phi) is 5.80. The van der Waals surface area contributed by atoms with Gasteiger partial charge in [0.2, 0.25) is 0 Å². The lowest BCUT2D eigenvalue weighted by Gasteiger charge is -2.07. The first kappa shape index (κ1) is 19.7. The molecule has 8 nitrogen and oxygen atoms in total. The molecule has 0 atom stereocenters. The highest BCUT2D eigenvalue weighted by Gasteiger charge is 2.15. The smallest absolute Gasteiger partial charge is 0.309 e. The molecule has 3 aromatic rings. The van der Waals surface area contributed by atoms with Crippen molar-refractivity contribution in [2.24, 2.45) is 0 Å². The molecule has 2 heterocycles. The van der Waals surface area contributed by atoms with Gasteiger partial charge in [0.25, 0.3) is 0 Å². The van der Waals surface area contributed by atoms with Crippen LogP contribution in [0.25, 0.3) is 0 Å². The first-order valence-electron chi connectivity index (χ1n) is 9.44. The number of carbonyl (C=O) groups excluding carboxylic acids is 2. The predicted molar refractivity (Wildman–Crippen MR) is 104 cm³/mol. The van der Waals surface area contributed by atoms with Gasteiger partial charge in [0.15, 0.2) is 5.82 Å². The molecule has 1 aliphatic rings. The normalized spacial score (nSPS) is 12.4. The van der Waals surface area contributed by atoms with Crippen molar-refractivity contribution < 1.29 is 18.7 Å². The summed E-state index contributed by atoms with van der Waals surface area (Å²) in [5.41, 5.74) is 3.89. The van der Waals surface area contributed by atoms with Crippen LogP contribution in [0.15, 0.2) is 48.8 Å². The molecule has 0 saturated carbocycles. The Bertz CT molecular complexity index is 1080. The number of ether oxygens (including phenoxy) is 1. The third kappa shape index (κ3) is 4.87. The Balaban J connectivity index is 1.24. The highest BCUT2D eigenvalue weighted by Crippen LogP contribution is 2.20. The molecule has 9 heteroatoms. The van der Waals surface area contributed by atoms with Crippen molar-refractivity contribution in [2.45, 2.75) is 32.8 Å². The Labute approximate surface area is 172 Å². The maximum absolute atomic E-state index is 13.3. The third-order valence-electron chi connectivity index (χ3n) is 4.67. The molecular formula is C21H20FN5O3. The summed E-state index contributed by atoms with van der Waals surface area (Å²) < 4.78 is 20.2. The van der Waals surface area contributed by atoms with Gasteiger partial charge < -0.3 is 15.4 Å². The van der Waals surface area contributed by atoms with Gasteiger partial charge in [-0.05, 0) is 34.4 Å². The minimum absolute atomic E-state index is 0.0125. The van der Waals surface area contributed by atoms with Crippen LogP contribution >= 0.6 is 0 Å². The van der Waals surface area contributed by atoms with E-state index >= 15 is 0 Å². The van der Waals surface area contributed by atoms with Gasteiger partial charge in [-0.25, -0.2) is 14.1 Å². The van der Waals surface area contributed by atoms with E-state index in [0.717, 1.165) is 22.3 Å². The fourth-order valence-electron chi connectivity index (χ4n) is 3.15. The molecule has 2 aromatic carbocycles. The van der Waals surface area contributed by atoms with Crippen LogP contribution in [0.5, 0.6) is 0 Å². The molecule has 0 bridgehead atoms. The number of benzene rings is 2. The van der Waals surface area contributed by atoms with Crippen LogP contribution in [0.4, 0.5) is 4.39 Å². The van der Waals surface area contributed by atoms with E-state index in [2.05, 4.69) is 20.7 Å². The van der Waals surface area contributed by atoms with Gasteiger partial charge in [-0.3, -0.25) is 9.59 Å². The zero-order chi connectivity index (χ0) is 20.9. The molecule has 0 aliphatic carbocycles. The Morgan fingerprint density at radius 2 is 1.80 bits per heavy atom. The lowest BCUT2D eigenvalue weighted by molar-refractivity contribution is -0.139. The molecule has 1 aliphatic heterocycles. The summed E-state index contributed by atoms with van der Waals surface area (Å²) in [5, 5.41) is 9.31. The number of aromatic nitrogens is 3. The van der Waals surface area contributed by atoms with Gasteiger partial charge in [0.05, 0.1) is 26.3 Å². The first-order chi connectivity index (χ1) is 14.6. The van der Waals surface area contributed by atoms with E-state index in [0.29, 0.717) is 25.6 Å². The summed E-state index contributed by atoms with van der Waals surface area (Å²) in [6, 6.07) is 12.0. The van der Waals surface area contributed by atoms with Crippen molar-refractivity contribution in [3.63, 3.8) is 0 Å². The van der Waals surface area contributed by atoms with E-state index in [1.165, 1.54) is 23.1 Å². The zero-order valence-electron chi connectivity index (χ0n) is 16.1. The van der Waals surface area contributed by atoms with E-state index in [1.807, 2.05) is 18.2 Å². The van der Waals surface area contributed by atoms with Crippen LogP contribution in [0, 0.1) is 5.82 Å². The molecule has 30 heavy (non-hydrogen) atoms. The molecular weight excluding hydrogens is 389 g/mol. The van der Waals surface area contributed by atoms with E-state index in [9.17, 15) is 14.0 Å². The second kappa shape index (κ2) is 8.83. The Morgan fingerprint density at radius 3 is 2.63 bits per heavy atom. The van der Waals surface area contributed by atoms with E-state index in [-0.39, 0.29) is 18.9 Å². The maximum Gasteiger partial charge on any atom is 0.309 e. The monoisotopic (exact) mass is 409 g/mol. The van der Waals surface area contributed by atoms with Crippen molar-refractivity contribution in [2.75, 3.05) is 0 Å². The number of hydrogen-bond donors (Lipinski definition) is 2. The standard InChI is InChI=1S/C21H20FN5O3/c22-18-3-1-2-15(7-18)10-27-13-25-19(26-27)9-24-21(29)20(28)23-8-14-4-5-16-11-30-12-17(16)6-14/h1-7,13H,8-12H2,(H,23,28)(H,24,29). The molecule has 154 valence electrons. The fourth-order valence-corrected chi connectivity index (χ4v) is 3.15. The highest BCUT2D eigenvalue weighted by atomic mass is 19.1. The van der Waals surface area contributed by atoms with Gasteiger partial charge in [-0.15, -0.1) is 0 Å². The third-order valence-corrected chi connectivity index (χ3v) is 4.67. The summed E-state index contributed by atoms with van der Waals surface area (Å²) in [7, 11) is 0. The van der Waals surface area contributed by atoms with E-state index in [1.54, 1.807) is 12.1 Å². The van der Waals surface area contributed by atoms with Crippen LogP contribution in [-0.4, -0.2) is 26.6 Å². The minimum Gasteiger partial charge on any atom is -0.372 e. The Hall–Kier alpha value is -3.59. The fraction of sp³-hybridized carbons (Fsp3) is 0.238. The number of halogens is 1. The molecule has 0 radical (unpaired) electrons. The number of hydrogen-bond acceptors (Lipinski definition) is 5. The lowest BCUT2D eigenvalue weighted by atomic mass is 10.1. The molecule has 0 fully saturated rings. The number of rotatable bonds is 6. The largest absolute Gasteiger partial charge is 0.372 e. The topological polar surface area (TPSA) is 98.1 Å². The molecule has 1 aromatic heterocycles. The second-order valence-electron chi connectivity index (χ2n) is 6.95. The average molecular weight is 409 g/mol. The van der Waals surface area contributed by atoms with E-state index < -0.39 is 11.8 Å². The summed E-state index contributed by atoms with van der Waals surface area (Å²) >= 11 is 0. The predicted octanol–water partition coefficient (Wildman–Crippen LogP) is 1.43. The maximum atomic E-state index is 13.3. The molecule has 2 N–H and O–H groups in total. The Morgan fingerprint density at radius 1 is 1.00 bits per heavy atom. The number of carbonyl (C=O) groups is 2. The van der Waals surface area contributed by atoms with Crippen LogP contribution in [0.2, 0.25) is 0 Å². The number of fused-ring (bicyclic) bond motifs is 1. The van der Waals surface area contributed by atoms with Crippen LogP contribution in [0.1, 0.15) is 28.1 Å². The summed E-state index contributed by atoms with van der Waals surface area (Å²) in [4.78, 5) is 28.1. The van der Waals surface area contributed by atoms with Gasteiger partial charge >= 0.3 is 11.8 Å². The van der Waals surface area contributed by atoms with Crippen molar-refractivity contribution in [3.8, 4) is 0 Å². The van der Waals surface area contributed by atoms with Crippen molar-refractivity contribution in [1.82, 2.24) is 25.4 Å².